The normalized spacial score (nSPS) is 20.2. The van der Waals surface area contributed by atoms with Gasteiger partial charge in [-0.05, 0) is 25.3 Å². The Labute approximate surface area is 170 Å². The summed E-state index contributed by atoms with van der Waals surface area (Å²) < 4.78 is 1.91. The van der Waals surface area contributed by atoms with Crippen LogP contribution in [0.25, 0.3) is 10.2 Å². The number of hydrogen-bond acceptors (Lipinski definition) is 6. The maximum absolute atomic E-state index is 4.68. The lowest BCUT2D eigenvalue weighted by Gasteiger charge is -2.51. The number of likely N-dealkylation sites (tertiary alicyclic amines) is 1. The van der Waals surface area contributed by atoms with Crippen LogP contribution in [0, 0.1) is 5.41 Å². The summed E-state index contributed by atoms with van der Waals surface area (Å²) in [6.45, 7) is 9.04. The summed E-state index contributed by atoms with van der Waals surface area (Å²) in [5.41, 5.74) is 1.76. The van der Waals surface area contributed by atoms with Gasteiger partial charge in [-0.15, -0.1) is 11.3 Å². The van der Waals surface area contributed by atoms with Crippen molar-refractivity contribution < 1.29 is 0 Å². The second-order valence-corrected chi connectivity index (χ2v) is 9.55. The lowest BCUT2D eigenvalue weighted by atomic mass is 9.77. The minimum Gasteiger partial charge on any atom is -0.355 e. The Morgan fingerprint density at radius 2 is 2.07 bits per heavy atom. The van der Waals surface area contributed by atoms with Crippen LogP contribution in [-0.4, -0.2) is 50.8 Å². The highest BCUT2D eigenvalue weighted by Crippen LogP contribution is 2.46. The fraction of sp³-hybridized carbons (Fsp3) is 0.571. The van der Waals surface area contributed by atoms with Crippen LogP contribution in [0.1, 0.15) is 43.2 Å². The molecule has 7 heteroatoms. The predicted octanol–water partition coefficient (Wildman–Crippen LogP) is 3.65. The third kappa shape index (κ3) is 2.92. The van der Waals surface area contributed by atoms with Crippen molar-refractivity contribution >= 4 is 27.4 Å². The van der Waals surface area contributed by atoms with E-state index in [1.165, 1.54) is 35.3 Å². The van der Waals surface area contributed by atoms with Crippen LogP contribution in [-0.2, 0) is 13.5 Å². The van der Waals surface area contributed by atoms with E-state index >= 15 is 0 Å². The lowest BCUT2D eigenvalue weighted by Crippen LogP contribution is -2.58. The molecule has 1 spiro atoms. The first kappa shape index (κ1) is 18.1. The van der Waals surface area contributed by atoms with Crippen molar-refractivity contribution in [1.29, 1.82) is 0 Å². The van der Waals surface area contributed by atoms with Crippen LogP contribution >= 0.6 is 11.3 Å². The number of thiophene rings is 1. The maximum Gasteiger partial charge on any atom is 0.140 e. The minimum absolute atomic E-state index is 0.413. The molecule has 0 aliphatic carbocycles. The summed E-state index contributed by atoms with van der Waals surface area (Å²) in [5.74, 6) is 1.13. The van der Waals surface area contributed by atoms with E-state index in [0.29, 0.717) is 11.5 Å². The van der Waals surface area contributed by atoms with Crippen LogP contribution in [0.15, 0.2) is 24.8 Å². The molecule has 5 rings (SSSR count). The van der Waals surface area contributed by atoms with E-state index < -0.39 is 0 Å². The number of hydrogen-bond donors (Lipinski definition) is 0. The Morgan fingerprint density at radius 3 is 2.79 bits per heavy atom. The van der Waals surface area contributed by atoms with Crippen molar-refractivity contribution in [2.45, 2.75) is 39.2 Å². The van der Waals surface area contributed by atoms with Crippen LogP contribution in [0.2, 0.25) is 0 Å². The molecule has 0 saturated carbocycles. The fourth-order valence-corrected chi connectivity index (χ4v) is 5.98. The Balaban J connectivity index is 1.31. The van der Waals surface area contributed by atoms with Gasteiger partial charge in [0.1, 0.15) is 17.0 Å². The van der Waals surface area contributed by atoms with Crippen molar-refractivity contribution in [3.8, 4) is 0 Å². The molecule has 0 aromatic carbocycles. The molecule has 0 N–H and O–H groups in total. The van der Waals surface area contributed by atoms with Gasteiger partial charge in [0.25, 0.3) is 0 Å². The monoisotopic (exact) mass is 396 g/mol. The molecule has 2 aliphatic rings. The van der Waals surface area contributed by atoms with Gasteiger partial charge in [0, 0.05) is 61.3 Å². The van der Waals surface area contributed by atoms with Gasteiger partial charge in [-0.1, -0.05) is 13.8 Å². The molecule has 148 valence electrons. The molecule has 6 nitrogen and oxygen atoms in total. The molecule has 1 atom stereocenters. The standard InChI is InChI=1S/C21H28N6S/c1-4-16-8-17-19(22-14-23-20(17)28-16)26-7-6-21(11-26)12-27(13-21)18(5-2)15-9-24-25(3)10-15/h8-10,14,18H,4-7,11-13H2,1-3H3/t18-/m1/s1. The van der Waals surface area contributed by atoms with E-state index in [1.807, 2.05) is 17.9 Å². The highest BCUT2D eigenvalue weighted by molar-refractivity contribution is 7.18. The minimum atomic E-state index is 0.413. The number of fused-ring (bicyclic) bond motifs is 1. The SMILES string of the molecule is CCc1cc2c(N3CCC4(C3)CN([C@H](CC)c3cnn(C)c3)C4)ncnc2s1. The average molecular weight is 397 g/mol. The molecular weight excluding hydrogens is 368 g/mol. The first-order valence-electron chi connectivity index (χ1n) is 10.3. The molecular formula is C21H28N6S. The summed E-state index contributed by atoms with van der Waals surface area (Å²) in [6, 6.07) is 2.78. The van der Waals surface area contributed by atoms with Gasteiger partial charge in [0.15, 0.2) is 0 Å². The van der Waals surface area contributed by atoms with Crippen molar-refractivity contribution in [2.75, 3.05) is 31.1 Å². The fourth-order valence-electron chi connectivity index (χ4n) is 5.05. The van der Waals surface area contributed by atoms with Gasteiger partial charge >= 0.3 is 0 Å². The third-order valence-electron chi connectivity index (χ3n) is 6.46. The van der Waals surface area contributed by atoms with Gasteiger partial charge in [0.2, 0.25) is 0 Å². The molecule has 3 aromatic heterocycles. The van der Waals surface area contributed by atoms with Crippen LogP contribution in [0.4, 0.5) is 5.82 Å². The van der Waals surface area contributed by atoms with Crippen LogP contribution < -0.4 is 4.90 Å². The van der Waals surface area contributed by atoms with Crippen LogP contribution in [0.3, 0.4) is 0 Å². The van der Waals surface area contributed by atoms with Crippen molar-refractivity contribution in [1.82, 2.24) is 24.6 Å². The van der Waals surface area contributed by atoms with E-state index in [2.05, 4.69) is 51.0 Å². The smallest absolute Gasteiger partial charge is 0.140 e. The van der Waals surface area contributed by atoms with E-state index in [9.17, 15) is 0 Å². The zero-order chi connectivity index (χ0) is 19.3. The second-order valence-electron chi connectivity index (χ2n) is 8.43. The third-order valence-corrected chi connectivity index (χ3v) is 7.65. The van der Waals surface area contributed by atoms with E-state index in [1.54, 1.807) is 17.7 Å². The highest BCUT2D eigenvalue weighted by Gasteiger charge is 2.49. The number of aryl methyl sites for hydroxylation is 2. The Kier molecular flexibility index (Phi) is 4.39. The Hall–Kier alpha value is -1.99. The molecule has 28 heavy (non-hydrogen) atoms. The zero-order valence-electron chi connectivity index (χ0n) is 16.9. The van der Waals surface area contributed by atoms with Gasteiger partial charge in [-0.25, -0.2) is 9.97 Å². The molecule has 5 heterocycles. The zero-order valence-corrected chi connectivity index (χ0v) is 17.7. The predicted molar refractivity (Wildman–Crippen MR) is 114 cm³/mol. The quantitative estimate of drug-likeness (QED) is 0.659. The molecule has 3 aromatic rings. The Bertz CT molecular complexity index is 986. The van der Waals surface area contributed by atoms with Gasteiger partial charge in [0.05, 0.1) is 11.6 Å². The molecule has 2 aliphatic heterocycles. The van der Waals surface area contributed by atoms with Gasteiger partial charge < -0.3 is 4.90 Å². The molecule has 2 saturated heterocycles. The van der Waals surface area contributed by atoms with Gasteiger partial charge in [-0.3, -0.25) is 9.58 Å². The second kappa shape index (κ2) is 6.81. The molecule has 0 bridgehead atoms. The Morgan fingerprint density at radius 1 is 1.21 bits per heavy atom. The summed E-state index contributed by atoms with van der Waals surface area (Å²) in [4.78, 5) is 16.8. The van der Waals surface area contributed by atoms with Crippen molar-refractivity contribution in [2.24, 2.45) is 12.5 Å². The number of nitrogens with zero attached hydrogens (tertiary/aromatic N) is 6. The van der Waals surface area contributed by atoms with E-state index in [-0.39, 0.29) is 0 Å². The summed E-state index contributed by atoms with van der Waals surface area (Å²) >= 11 is 1.80. The molecule has 0 amide bonds. The van der Waals surface area contributed by atoms with Crippen LogP contribution in [0.5, 0.6) is 0 Å². The number of aromatic nitrogens is 4. The lowest BCUT2D eigenvalue weighted by molar-refractivity contribution is -0.0189. The molecule has 0 unspecified atom stereocenters. The van der Waals surface area contributed by atoms with E-state index in [0.717, 1.165) is 36.6 Å². The van der Waals surface area contributed by atoms with E-state index in [4.69, 9.17) is 0 Å². The number of anilines is 1. The first-order chi connectivity index (χ1) is 13.6. The molecule has 2 fully saturated rings. The number of rotatable bonds is 5. The van der Waals surface area contributed by atoms with Gasteiger partial charge in [-0.2, -0.15) is 5.10 Å². The first-order valence-corrected chi connectivity index (χ1v) is 11.1. The molecule has 0 radical (unpaired) electrons. The summed E-state index contributed by atoms with van der Waals surface area (Å²) in [7, 11) is 2.00. The maximum atomic E-state index is 4.68. The average Bonchev–Trinajstić information content (AvgIpc) is 3.39. The van der Waals surface area contributed by atoms with Crippen molar-refractivity contribution in [3.05, 3.63) is 35.2 Å². The highest BCUT2D eigenvalue weighted by atomic mass is 32.1. The summed E-state index contributed by atoms with van der Waals surface area (Å²) in [5, 5.41) is 5.61. The summed E-state index contributed by atoms with van der Waals surface area (Å²) in [6.07, 6.45) is 9.38. The largest absolute Gasteiger partial charge is 0.355 e. The van der Waals surface area contributed by atoms with Crippen molar-refractivity contribution in [3.63, 3.8) is 0 Å². The topological polar surface area (TPSA) is 50.1 Å².